The first-order valence-electron chi connectivity index (χ1n) is 8.20. The molecule has 2 aliphatic carbocycles. The van der Waals surface area contributed by atoms with E-state index in [0.29, 0.717) is 24.3 Å². The Morgan fingerprint density at radius 1 is 1.15 bits per heavy atom. The van der Waals surface area contributed by atoms with Gasteiger partial charge in [-0.25, -0.2) is 0 Å². The molecular weight excluding hydrogens is 250 g/mol. The Morgan fingerprint density at radius 2 is 1.75 bits per heavy atom. The van der Waals surface area contributed by atoms with Gasteiger partial charge in [0, 0.05) is 6.54 Å². The number of carbonyl (C=O) groups is 2. The second-order valence-electron chi connectivity index (χ2n) is 6.70. The van der Waals surface area contributed by atoms with Crippen LogP contribution in [-0.2, 0) is 9.59 Å². The molecule has 0 spiro atoms. The number of imide groups is 1. The summed E-state index contributed by atoms with van der Waals surface area (Å²) in [4.78, 5) is 26.8. The number of rotatable bonds is 6. The lowest BCUT2D eigenvalue weighted by atomic mass is 9.85. The van der Waals surface area contributed by atoms with Crippen LogP contribution in [0.5, 0.6) is 0 Å². The number of unbranched alkanes of at least 4 members (excludes halogenated alkanes) is 1. The van der Waals surface area contributed by atoms with E-state index in [0.717, 1.165) is 19.3 Å². The number of amides is 2. The van der Waals surface area contributed by atoms with Gasteiger partial charge in [0.05, 0.1) is 11.8 Å². The Labute approximate surface area is 121 Å². The minimum Gasteiger partial charge on any atom is -0.282 e. The first kappa shape index (κ1) is 13.8. The van der Waals surface area contributed by atoms with Gasteiger partial charge in [-0.15, -0.1) is 0 Å². The summed E-state index contributed by atoms with van der Waals surface area (Å²) in [6.07, 6.45) is 9.89. The van der Waals surface area contributed by atoms with E-state index < -0.39 is 0 Å². The van der Waals surface area contributed by atoms with Crippen LogP contribution in [0, 0.1) is 29.6 Å². The molecule has 3 heteroatoms. The highest BCUT2D eigenvalue weighted by molar-refractivity contribution is 6.06. The van der Waals surface area contributed by atoms with Crippen molar-refractivity contribution in [2.75, 3.05) is 6.54 Å². The van der Waals surface area contributed by atoms with Gasteiger partial charge in [-0.2, -0.15) is 0 Å². The normalized spacial score (nSPS) is 36.0. The van der Waals surface area contributed by atoms with Gasteiger partial charge in [0.15, 0.2) is 0 Å². The van der Waals surface area contributed by atoms with E-state index in [9.17, 15) is 9.59 Å². The lowest BCUT2D eigenvalue weighted by molar-refractivity contribution is -0.141. The molecule has 1 aliphatic heterocycles. The molecule has 20 heavy (non-hydrogen) atoms. The highest BCUT2D eigenvalue weighted by Gasteiger charge is 2.59. The summed E-state index contributed by atoms with van der Waals surface area (Å²) in [5.74, 6) is 1.33. The molecule has 2 bridgehead atoms. The second kappa shape index (κ2) is 5.34. The van der Waals surface area contributed by atoms with Crippen molar-refractivity contribution in [2.24, 2.45) is 29.6 Å². The Balaban J connectivity index is 1.70. The third-order valence-electron chi connectivity index (χ3n) is 5.55. The molecule has 0 N–H and O–H groups in total. The SMILES string of the molecule is CCCC[C@H](CC)CN1C(=O)[C@@H]2[C@@H](C1=O)[C@H]1C=C[C@@H]2C1. The van der Waals surface area contributed by atoms with Gasteiger partial charge in [-0.05, 0) is 30.6 Å². The van der Waals surface area contributed by atoms with Crippen molar-refractivity contribution in [3.05, 3.63) is 12.2 Å². The summed E-state index contributed by atoms with van der Waals surface area (Å²) in [5, 5.41) is 0. The van der Waals surface area contributed by atoms with Gasteiger partial charge in [0.2, 0.25) is 11.8 Å². The predicted octanol–water partition coefficient (Wildman–Crippen LogP) is 3.01. The molecule has 2 amide bonds. The number of carbonyl (C=O) groups excluding carboxylic acids is 2. The molecule has 5 atom stereocenters. The maximum atomic E-state index is 12.6. The number of allylic oxidation sites excluding steroid dienone is 2. The van der Waals surface area contributed by atoms with Crippen molar-refractivity contribution in [3.63, 3.8) is 0 Å². The van der Waals surface area contributed by atoms with Crippen molar-refractivity contribution < 1.29 is 9.59 Å². The van der Waals surface area contributed by atoms with Crippen LogP contribution in [0.15, 0.2) is 12.2 Å². The minimum absolute atomic E-state index is 0.0267. The molecule has 1 saturated carbocycles. The Bertz CT molecular complexity index is 412. The van der Waals surface area contributed by atoms with Crippen LogP contribution in [0.25, 0.3) is 0 Å². The van der Waals surface area contributed by atoms with E-state index in [2.05, 4.69) is 26.0 Å². The zero-order chi connectivity index (χ0) is 14.3. The molecular formula is C17H25NO2. The molecule has 3 aliphatic rings. The summed E-state index contributed by atoms with van der Waals surface area (Å²) in [5.41, 5.74) is 0. The standard InChI is InChI=1S/C17H25NO2/c1-3-5-6-11(4-2)10-18-16(19)14-12-7-8-13(9-12)15(14)17(18)20/h7-8,11-15H,3-6,9-10H2,1-2H3/t11-,12-,13+,14-,15-/m0/s1. The van der Waals surface area contributed by atoms with E-state index >= 15 is 0 Å². The predicted molar refractivity (Wildman–Crippen MR) is 77.7 cm³/mol. The van der Waals surface area contributed by atoms with Crippen LogP contribution in [-0.4, -0.2) is 23.3 Å². The lowest BCUT2D eigenvalue weighted by Gasteiger charge is -2.23. The number of hydrogen-bond acceptors (Lipinski definition) is 2. The van der Waals surface area contributed by atoms with Crippen LogP contribution in [0.4, 0.5) is 0 Å². The summed E-state index contributed by atoms with van der Waals surface area (Å²) < 4.78 is 0. The molecule has 3 rings (SSSR count). The van der Waals surface area contributed by atoms with Crippen LogP contribution in [0.1, 0.15) is 46.0 Å². The largest absolute Gasteiger partial charge is 0.282 e. The number of nitrogens with zero attached hydrogens (tertiary/aromatic N) is 1. The van der Waals surface area contributed by atoms with Crippen molar-refractivity contribution in [3.8, 4) is 0 Å². The zero-order valence-electron chi connectivity index (χ0n) is 12.5. The average Bonchev–Trinajstić information content (AvgIpc) is 3.12. The Kier molecular flexibility index (Phi) is 3.70. The molecule has 0 aromatic carbocycles. The van der Waals surface area contributed by atoms with Gasteiger partial charge >= 0.3 is 0 Å². The highest BCUT2D eigenvalue weighted by Crippen LogP contribution is 2.52. The molecule has 0 aromatic rings. The summed E-state index contributed by atoms with van der Waals surface area (Å²) >= 11 is 0. The van der Waals surface area contributed by atoms with Crippen LogP contribution < -0.4 is 0 Å². The first-order valence-corrected chi connectivity index (χ1v) is 8.20. The lowest BCUT2D eigenvalue weighted by Crippen LogP contribution is -2.37. The Hall–Kier alpha value is -1.12. The quantitative estimate of drug-likeness (QED) is 0.552. The van der Waals surface area contributed by atoms with Gasteiger partial charge in [-0.3, -0.25) is 14.5 Å². The topological polar surface area (TPSA) is 37.4 Å². The smallest absolute Gasteiger partial charge is 0.233 e. The number of likely N-dealkylation sites (tertiary alicyclic amines) is 1. The molecule has 0 radical (unpaired) electrons. The summed E-state index contributed by atoms with van der Waals surface area (Å²) in [6.45, 7) is 5.00. The molecule has 110 valence electrons. The fraction of sp³-hybridized carbons (Fsp3) is 0.765. The van der Waals surface area contributed by atoms with Gasteiger partial charge in [-0.1, -0.05) is 45.3 Å². The van der Waals surface area contributed by atoms with Gasteiger partial charge in [0.1, 0.15) is 0 Å². The average molecular weight is 275 g/mol. The molecule has 0 unspecified atom stereocenters. The second-order valence-corrected chi connectivity index (χ2v) is 6.70. The third kappa shape index (κ3) is 2.02. The van der Waals surface area contributed by atoms with Crippen LogP contribution >= 0.6 is 0 Å². The van der Waals surface area contributed by atoms with E-state index in [-0.39, 0.29) is 23.7 Å². The first-order chi connectivity index (χ1) is 9.67. The Morgan fingerprint density at radius 3 is 2.25 bits per heavy atom. The zero-order valence-corrected chi connectivity index (χ0v) is 12.5. The maximum Gasteiger partial charge on any atom is 0.233 e. The van der Waals surface area contributed by atoms with Crippen molar-refractivity contribution in [1.29, 1.82) is 0 Å². The van der Waals surface area contributed by atoms with E-state index in [4.69, 9.17) is 0 Å². The van der Waals surface area contributed by atoms with Crippen molar-refractivity contribution in [1.82, 2.24) is 4.90 Å². The van der Waals surface area contributed by atoms with Crippen molar-refractivity contribution in [2.45, 2.75) is 46.0 Å². The highest BCUT2D eigenvalue weighted by atomic mass is 16.2. The summed E-state index contributed by atoms with van der Waals surface area (Å²) in [6, 6.07) is 0. The molecule has 1 saturated heterocycles. The van der Waals surface area contributed by atoms with E-state index in [1.54, 1.807) is 4.90 Å². The van der Waals surface area contributed by atoms with Crippen molar-refractivity contribution >= 4 is 11.8 Å². The minimum atomic E-state index is -0.0267. The van der Waals surface area contributed by atoms with E-state index in [1.807, 2.05) is 0 Å². The van der Waals surface area contributed by atoms with Crippen LogP contribution in [0.3, 0.4) is 0 Å². The fourth-order valence-electron chi connectivity index (χ4n) is 4.32. The number of hydrogen-bond donors (Lipinski definition) is 0. The summed E-state index contributed by atoms with van der Waals surface area (Å²) in [7, 11) is 0. The fourth-order valence-corrected chi connectivity index (χ4v) is 4.32. The monoisotopic (exact) mass is 275 g/mol. The maximum absolute atomic E-state index is 12.6. The molecule has 3 nitrogen and oxygen atoms in total. The van der Waals surface area contributed by atoms with Gasteiger partial charge in [0.25, 0.3) is 0 Å². The van der Waals surface area contributed by atoms with Gasteiger partial charge < -0.3 is 0 Å². The van der Waals surface area contributed by atoms with Crippen LogP contribution in [0.2, 0.25) is 0 Å². The molecule has 1 heterocycles. The number of fused-ring (bicyclic) bond motifs is 5. The van der Waals surface area contributed by atoms with E-state index in [1.165, 1.54) is 12.8 Å². The molecule has 0 aromatic heterocycles. The third-order valence-corrected chi connectivity index (χ3v) is 5.55. The molecule has 2 fully saturated rings.